The average molecular weight is 247 g/mol. The first-order chi connectivity index (χ1) is 8.79. The van der Waals surface area contributed by atoms with Crippen LogP contribution in [0.1, 0.15) is 11.6 Å². The second-order valence-corrected chi connectivity index (χ2v) is 4.58. The smallest absolute Gasteiger partial charge is 0.246 e. The van der Waals surface area contributed by atoms with Crippen molar-refractivity contribution in [1.82, 2.24) is 5.32 Å². The third kappa shape index (κ3) is 1.85. The van der Waals surface area contributed by atoms with E-state index < -0.39 is 0 Å². The molecule has 0 aromatic heterocycles. The number of anilines is 2. The van der Waals surface area contributed by atoms with Crippen molar-refractivity contribution in [2.75, 3.05) is 43.6 Å². The fraction of sp³-hybridized carbons (Fsp3) is 0.462. The molecule has 0 radical (unpaired) electrons. The zero-order valence-corrected chi connectivity index (χ0v) is 10.4. The second-order valence-electron chi connectivity index (χ2n) is 4.58. The number of ether oxygens (including phenoxy) is 1. The minimum atomic E-state index is -0.235. The molecule has 3 rings (SSSR count). The van der Waals surface area contributed by atoms with Crippen LogP contribution >= 0.6 is 0 Å². The third-order valence-electron chi connectivity index (χ3n) is 3.53. The minimum absolute atomic E-state index is 0.0200. The van der Waals surface area contributed by atoms with Gasteiger partial charge < -0.3 is 20.3 Å². The van der Waals surface area contributed by atoms with Crippen LogP contribution in [0.4, 0.5) is 11.4 Å². The highest BCUT2D eigenvalue weighted by atomic mass is 16.5. The number of nitrogens with one attached hydrogen (secondary N) is 2. The van der Waals surface area contributed by atoms with Gasteiger partial charge in [0.15, 0.2) is 0 Å². The Balaban J connectivity index is 1.91. The van der Waals surface area contributed by atoms with E-state index in [1.807, 2.05) is 6.07 Å². The first kappa shape index (κ1) is 11.5. The maximum absolute atomic E-state index is 11.7. The number of fused-ring (bicyclic) bond motifs is 1. The van der Waals surface area contributed by atoms with Crippen LogP contribution in [0.15, 0.2) is 18.2 Å². The lowest BCUT2D eigenvalue weighted by atomic mass is 10.1. The summed E-state index contributed by atoms with van der Waals surface area (Å²) < 4.78 is 5.35. The van der Waals surface area contributed by atoms with Crippen molar-refractivity contribution < 1.29 is 9.53 Å². The lowest BCUT2D eigenvalue weighted by Crippen LogP contribution is -2.36. The molecule has 0 saturated carbocycles. The standard InChI is InChI=1S/C13H17N3O2/c1-14-12-10-8-9(16-4-6-18-7-5-16)2-3-11(10)15-13(12)17/h2-3,8,12,14H,4-7H2,1H3,(H,15,17). The van der Waals surface area contributed by atoms with Gasteiger partial charge in [-0.05, 0) is 25.2 Å². The lowest BCUT2D eigenvalue weighted by molar-refractivity contribution is -0.117. The Bertz CT molecular complexity index is 469. The number of carbonyl (C=O) groups is 1. The maximum Gasteiger partial charge on any atom is 0.246 e. The van der Waals surface area contributed by atoms with E-state index in [2.05, 4.69) is 27.7 Å². The highest BCUT2D eigenvalue weighted by Crippen LogP contribution is 2.33. The van der Waals surface area contributed by atoms with Gasteiger partial charge in [0.05, 0.1) is 13.2 Å². The number of benzene rings is 1. The van der Waals surface area contributed by atoms with Crippen molar-refractivity contribution in [1.29, 1.82) is 0 Å². The van der Waals surface area contributed by atoms with Crippen LogP contribution in [-0.2, 0) is 9.53 Å². The van der Waals surface area contributed by atoms with E-state index in [4.69, 9.17) is 4.74 Å². The van der Waals surface area contributed by atoms with Gasteiger partial charge >= 0.3 is 0 Å². The predicted octanol–water partition coefficient (Wildman–Crippen LogP) is 0.736. The highest BCUT2D eigenvalue weighted by molar-refractivity contribution is 6.03. The Morgan fingerprint density at radius 2 is 2.17 bits per heavy atom. The number of carbonyl (C=O) groups excluding carboxylic acids is 1. The number of rotatable bonds is 2. The summed E-state index contributed by atoms with van der Waals surface area (Å²) in [6.07, 6.45) is 0. The average Bonchev–Trinajstić information content (AvgIpc) is 2.74. The van der Waals surface area contributed by atoms with E-state index >= 15 is 0 Å². The molecule has 2 N–H and O–H groups in total. The molecule has 1 amide bonds. The van der Waals surface area contributed by atoms with Crippen LogP contribution in [0.2, 0.25) is 0 Å². The lowest BCUT2D eigenvalue weighted by Gasteiger charge is -2.29. The summed E-state index contributed by atoms with van der Waals surface area (Å²) in [6, 6.07) is 5.90. The summed E-state index contributed by atoms with van der Waals surface area (Å²) >= 11 is 0. The van der Waals surface area contributed by atoms with Crippen LogP contribution in [0, 0.1) is 0 Å². The van der Waals surface area contributed by atoms with Gasteiger partial charge in [0, 0.05) is 30.0 Å². The molecule has 5 nitrogen and oxygen atoms in total. The van der Waals surface area contributed by atoms with Gasteiger partial charge in [-0.1, -0.05) is 0 Å². The van der Waals surface area contributed by atoms with Crippen molar-refractivity contribution in [2.24, 2.45) is 0 Å². The monoisotopic (exact) mass is 247 g/mol. The van der Waals surface area contributed by atoms with E-state index in [1.165, 1.54) is 0 Å². The minimum Gasteiger partial charge on any atom is -0.378 e. The number of likely N-dealkylation sites (N-methyl/N-ethyl adjacent to an activating group) is 1. The fourth-order valence-electron chi connectivity index (χ4n) is 2.55. The molecular weight excluding hydrogens is 230 g/mol. The maximum atomic E-state index is 11.7. The molecule has 0 bridgehead atoms. The molecule has 18 heavy (non-hydrogen) atoms. The molecule has 1 aromatic rings. The van der Waals surface area contributed by atoms with Gasteiger partial charge in [0.2, 0.25) is 5.91 Å². The molecule has 0 aliphatic carbocycles. The molecule has 1 unspecified atom stereocenters. The van der Waals surface area contributed by atoms with Crippen molar-refractivity contribution >= 4 is 17.3 Å². The van der Waals surface area contributed by atoms with E-state index in [1.54, 1.807) is 7.05 Å². The Labute approximate surface area is 106 Å². The summed E-state index contributed by atoms with van der Waals surface area (Å²) in [5.41, 5.74) is 3.11. The Morgan fingerprint density at radius 3 is 2.89 bits per heavy atom. The molecule has 0 spiro atoms. The molecule has 2 aliphatic heterocycles. The molecule has 2 heterocycles. The van der Waals surface area contributed by atoms with Gasteiger partial charge in [0.25, 0.3) is 0 Å². The largest absolute Gasteiger partial charge is 0.378 e. The van der Waals surface area contributed by atoms with Crippen molar-refractivity contribution in [2.45, 2.75) is 6.04 Å². The molecular formula is C13H17N3O2. The van der Waals surface area contributed by atoms with Crippen LogP contribution in [0.3, 0.4) is 0 Å². The highest BCUT2D eigenvalue weighted by Gasteiger charge is 2.29. The molecule has 1 saturated heterocycles. The zero-order valence-electron chi connectivity index (χ0n) is 10.4. The van der Waals surface area contributed by atoms with Gasteiger partial charge in [-0.25, -0.2) is 0 Å². The number of morpholine rings is 1. The Kier molecular flexibility index (Phi) is 2.93. The molecule has 1 aromatic carbocycles. The van der Waals surface area contributed by atoms with Crippen LogP contribution in [0.5, 0.6) is 0 Å². The van der Waals surface area contributed by atoms with Gasteiger partial charge in [0.1, 0.15) is 6.04 Å². The number of hydrogen-bond donors (Lipinski definition) is 2. The number of nitrogens with zero attached hydrogens (tertiary/aromatic N) is 1. The Morgan fingerprint density at radius 1 is 1.39 bits per heavy atom. The third-order valence-corrected chi connectivity index (χ3v) is 3.53. The summed E-state index contributed by atoms with van der Waals surface area (Å²) in [6.45, 7) is 3.35. The topological polar surface area (TPSA) is 53.6 Å². The number of amides is 1. The van der Waals surface area contributed by atoms with Crippen LogP contribution in [0.25, 0.3) is 0 Å². The van der Waals surface area contributed by atoms with Gasteiger partial charge in [-0.3, -0.25) is 4.79 Å². The predicted molar refractivity (Wildman–Crippen MR) is 69.9 cm³/mol. The van der Waals surface area contributed by atoms with E-state index in [0.717, 1.165) is 43.2 Å². The first-order valence-electron chi connectivity index (χ1n) is 6.24. The van der Waals surface area contributed by atoms with E-state index in [9.17, 15) is 4.79 Å². The van der Waals surface area contributed by atoms with Gasteiger partial charge in [-0.15, -0.1) is 0 Å². The van der Waals surface area contributed by atoms with Crippen LogP contribution < -0.4 is 15.5 Å². The summed E-state index contributed by atoms with van der Waals surface area (Å²) in [5.74, 6) is 0.0200. The van der Waals surface area contributed by atoms with Crippen molar-refractivity contribution in [3.05, 3.63) is 23.8 Å². The zero-order chi connectivity index (χ0) is 12.5. The van der Waals surface area contributed by atoms with E-state index in [0.29, 0.717) is 0 Å². The number of hydrogen-bond acceptors (Lipinski definition) is 4. The first-order valence-corrected chi connectivity index (χ1v) is 6.24. The van der Waals surface area contributed by atoms with Crippen molar-refractivity contribution in [3.63, 3.8) is 0 Å². The van der Waals surface area contributed by atoms with E-state index in [-0.39, 0.29) is 11.9 Å². The molecule has 96 valence electrons. The summed E-state index contributed by atoms with van der Waals surface area (Å²) in [7, 11) is 1.81. The normalized spacial score (nSPS) is 22.8. The van der Waals surface area contributed by atoms with Gasteiger partial charge in [-0.2, -0.15) is 0 Å². The Hall–Kier alpha value is -1.59. The summed E-state index contributed by atoms with van der Waals surface area (Å²) in [5, 5.41) is 5.93. The quantitative estimate of drug-likeness (QED) is 0.809. The second kappa shape index (κ2) is 4.59. The molecule has 1 fully saturated rings. The molecule has 1 atom stereocenters. The fourth-order valence-corrected chi connectivity index (χ4v) is 2.55. The molecule has 2 aliphatic rings. The summed E-state index contributed by atoms with van der Waals surface area (Å²) in [4.78, 5) is 14.0. The molecule has 5 heteroatoms. The SMILES string of the molecule is CNC1C(=O)Nc2ccc(N3CCOCC3)cc21. The van der Waals surface area contributed by atoms with Crippen LogP contribution in [-0.4, -0.2) is 39.3 Å². The van der Waals surface area contributed by atoms with Crippen molar-refractivity contribution in [3.8, 4) is 0 Å².